The summed E-state index contributed by atoms with van der Waals surface area (Å²) in [5.74, 6) is 0.648. The predicted molar refractivity (Wildman–Crippen MR) is 153 cm³/mol. The molecule has 2 N–H and O–H groups in total. The number of likely N-dealkylation sites (tertiary alicyclic amines) is 2. The minimum absolute atomic E-state index is 0.167. The molecule has 0 aromatic heterocycles. The van der Waals surface area contributed by atoms with Crippen LogP contribution in [0.5, 0.6) is 0 Å². The van der Waals surface area contributed by atoms with Crippen molar-refractivity contribution in [3.8, 4) is 0 Å². The van der Waals surface area contributed by atoms with Crippen molar-refractivity contribution in [1.82, 2.24) is 9.80 Å². The smallest absolute Gasteiger partial charge is 0.410 e. The summed E-state index contributed by atoms with van der Waals surface area (Å²) in [5.41, 5.74) is 4.97. The standard InChI is InChI=1S/C14H25NO4S.C13H24N2O4S/c1-11-5-10-20(17,18)14(11)6-8-15(9-7-14)12(16)19-13(2,3)4;1-12(2,3)19-11(16)15-7-5-13(6-8-15)10(14)4-9-20(13,17)18/h11H,5-10H2,1-4H3;10H,4-9,14H2,1-3H3. The van der Waals surface area contributed by atoms with Crippen molar-refractivity contribution in [1.29, 1.82) is 0 Å². The van der Waals surface area contributed by atoms with Gasteiger partial charge in [0.1, 0.15) is 11.2 Å². The van der Waals surface area contributed by atoms with E-state index in [-0.39, 0.29) is 29.9 Å². The zero-order valence-corrected chi connectivity index (χ0v) is 26.8. The summed E-state index contributed by atoms with van der Waals surface area (Å²) < 4.78 is 58.3. The first-order valence-corrected chi connectivity index (χ1v) is 17.6. The molecule has 0 saturated carbocycles. The molecule has 232 valence electrons. The van der Waals surface area contributed by atoms with Gasteiger partial charge in [-0.1, -0.05) is 6.92 Å². The van der Waals surface area contributed by atoms with E-state index in [4.69, 9.17) is 15.2 Å². The second kappa shape index (κ2) is 11.2. The number of nitrogens with zero attached hydrogens (tertiary/aromatic N) is 2. The van der Waals surface area contributed by atoms with Crippen LogP contribution in [0.25, 0.3) is 0 Å². The average molecular weight is 608 g/mol. The normalized spacial score (nSPS) is 28.6. The van der Waals surface area contributed by atoms with Gasteiger partial charge >= 0.3 is 12.2 Å². The second-order valence-corrected chi connectivity index (χ2v) is 18.7. The quantitative estimate of drug-likeness (QED) is 0.438. The summed E-state index contributed by atoms with van der Waals surface area (Å²) in [4.78, 5) is 27.2. The molecule has 4 saturated heterocycles. The van der Waals surface area contributed by atoms with Crippen LogP contribution in [0.1, 0.15) is 87.0 Å². The fourth-order valence-electron chi connectivity index (χ4n) is 6.36. The van der Waals surface area contributed by atoms with Gasteiger partial charge in [-0.3, -0.25) is 0 Å². The molecule has 2 amide bonds. The summed E-state index contributed by atoms with van der Waals surface area (Å²) in [6.45, 7) is 14.7. The van der Waals surface area contributed by atoms with E-state index in [1.165, 1.54) is 0 Å². The first-order valence-electron chi connectivity index (χ1n) is 14.3. The number of piperidine rings is 2. The van der Waals surface area contributed by atoms with E-state index < -0.39 is 40.4 Å². The second-order valence-electron chi connectivity index (χ2n) is 13.8. The van der Waals surface area contributed by atoms with E-state index >= 15 is 0 Å². The molecule has 4 aliphatic rings. The fraction of sp³-hybridized carbons (Fsp3) is 0.926. The van der Waals surface area contributed by atoms with Crippen LogP contribution in [0.3, 0.4) is 0 Å². The Morgan fingerprint density at radius 3 is 1.35 bits per heavy atom. The lowest BCUT2D eigenvalue weighted by molar-refractivity contribution is 0.0174. The fourth-order valence-corrected chi connectivity index (χ4v) is 11.3. The van der Waals surface area contributed by atoms with Gasteiger partial charge in [0.2, 0.25) is 0 Å². The summed E-state index contributed by atoms with van der Waals surface area (Å²) in [6, 6.07) is -0.312. The molecule has 2 unspecified atom stereocenters. The van der Waals surface area contributed by atoms with Crippen molar-refractivity contribution in [2.45, 2.75) is 114 Å². The highest BCUT2D eigenvalue weighted by molar-refractivity contribution is 7.93. The Morgan fingerprint density at radius 1 is 0.700 bits per heavy atom. The van der Waals surface area contributed by atoms with E-state index in [9.17, 15) is 26.4 Å². The molecule has 0 aliphatic carbocycles. The molecular weight excluding hydrogens is 558 g/mol. The molecule has 13 heteroatoms. The molecule has 0 aromatic rings. The van der Waals surface area contributed by atoms with Gasteiger partial charge in [-0.15, -0.1) is 0 Å². The Kier molecular flexibility index (Phi) is 9.25. The van der Waals surface area contributed by atoms with Gasteiger partial charge in [-0.25, -0.2) is 26.4 Å². The highest BCUT2D eigenvalue weighted by Crippen LogP contribution is 2.45. The largest absolute Gasteiger partial charge is 0.444 e. The summed E-state index contributed by atoms with van der Waals surface area (Å²) in [6.07, 6.45) is 2.45. The number of hydrogen-bond donors (Lipinski definition) is 1. The van der Waals surface area contributed by atoms with Crippen molar-refractivity contribution >= 4 is 31.9 Å². The maximum Gasteiger partial charge on any atom is 0.410 e. The van der Waals surface area contributed by atoms with E-state index in [0.29, 0.717) is 64.0 Å². The van der Waals surface area contributed by atoms with Crippen LogP contribution < -0.4 is 5.73 Å². The molecule has 2 atom stereocenters. The summed E-state index contributed by atoms with van der Waals surface area (Å²) >= 11 is 0. The van der Waals surface area contributed by atoms with Gasteiger partial charge in [0.05, 0.1) is 21.0 Å². The number of sulfone groups is 2. The molecular formula is C27H49N3O8S2. The zero-order valence-electron chi connectivity index (χ0n) is 25.2. The number of rotatable bonds is 0. The topological polar surface area (TPSA) is 153 Å². The van der Waals surface area contributed by atoms with E-state index in [1.54, 1.807) is 9.80 Å². The molecule has 0 radical (unpaired) electrons. The lowest BCUT2D eigenvalue weighted by Crippen LogP contribution is -2.56. The SMILES string of the molecule is CC(C)(C)OC(=O)N1CCC2(CC1)C(N)CCS2(=O)=O.CC1CCS(=O)(=O)C12CCN(C(=O)OC(C)(C)C)CC2. The minimum atomic E-state index is -3.15. The van der Waals surface area contributed by atoms with E-state index in [2.05, 4.69) is 0 Å². The van der Waals surface area contributed by atoms with Crippen molar-refractivity contribution < 1.29 is 35.9 Å². The third kappa shape index (κ3) is 6.72. The Balaban J connectivity index is 0.000000220. The molecule has 0 bridgehead atoms. The van der Waals surface area contributed by atoms with Gasteiger partial charge in [0.25, 0.3) is 0 Å². The Hall–Kier alpha value is -1.60. The third-order valence-electron chi connectivity index (χ3n) is 8.85. The van der Waals surface area contributed by atoms with Gasteiger partial charge in [0.15, 0.2) is 19.7 Å². The molecule has 4 fully saturated rings. The zero-order chi connectivity index (χ0) is 30.4. The Bertz CT molecular complexity index is 1060. The van der Waals surface area contributed by atoms with E-state index in [0.717, 1.165) is 6.42 Å². The first kappa shape index (κ1) is 32.9. The average Bonchev–Trinajstić information content (AvgIpc) is 3.17. The van der Waals surface area contributed by atoms with Crippen molar-refractivity contribution in [3.05, 3.63) is 0 Å². The van der Waals surface area contributed by atoms with Gasteiger partial charge in [-0.2, -0.15) is 0 Å². The van der Waals surface area contributed by atoms with Crippen LogP contribution in [0.15, 0.2) is 0 Å². The van der Waals surface area contributed by atoms with Gasteiger partial charge in [0, 0.05) is 32.2 Å². The molecule has 40 heavy (non-hydrogen) atoms. The van der Waals surface area contributed by atoms with Gasteiger partial charge < -0.3 is 25.0 Å². The van der Waals surface area contributed by atoms with Crippen LogP contribution in [0.2, 0.25) is 0 Å². The maximum absolute atomic E-state index is 12.3. The van der Waals surface area contributed by atoms with Crippen molar-refractivity contribution in [2.75, 3.05) is 37.7 Å². The molecule has 2 spiro atoms. The molecule has 4 heterocycles. The van der Waals surface area contributed by atoms with Crippen LogP contribution in [-0.2, 0) is 29.1 Å². The lowest BCUT2D eigenvalue weighted by atomic mass is 9.83. The number of ether oxygens (including phenoxy) is 2. The number of amides is 2. The maximum atomic E-state index is 12.3. The van der Waals surface area contributed by atoms with Crippen LogP contribution in [0.4, 0.5) is 9.59 Å². The minimum Gasteiger partial charge on any atom is -0.444 e. The Labute approximate surface area is 240 Å². The number of carbonyl (C=O) groups is 2. The molecule has 4 rings (SSSR count). The highest BCUT2D eigenvalue weighted by Gasteiger charge is 2.55. The van der Waals surface area contributed by atoms with Crippen LogP contribution >= 0.6 is 0 Å². The van der Waals surface area contributed by atoms with Crippen molar-refractivity contribution in [2.24, 2.45) is 11.7 Å². The molecule has 11 nitrogen and oxygen atoms in total. The highest BCUT2D eigenvalue weighted by atomic mass is 32.2. The number of nitrogens with two attached hydrogens (primary N) is 1. The number of carbonyl (C=O) groups excluding carboxylic acids is 2. The Morgan fingerprint density at radius 2 is 1.05 bits per heavy atom. The monoisotopic (exact) mass is 607 g/mol. The molecule has 0 aromatic carbocycles. The molecule has 4 aliphatic heterocycles. The number of hydrogen-bond acceptors (Lipinski definition) is 9. The van der Waals surface area contributed by atoms with Gasteiger partial charge in [-0.05, 0) is 86.0 Å². The summed E-state index contributed by atoms with van der Waals surface area (Å²) in [7, 11) is -6.17. The third-order valence-corrected chi connectivity index (χ3v) is 14.4. The van der Waals surface area contributed by atoms with Crippen molar-refractivity contribution in [3.63, 3.8) is 0 Å². The first-order chi connectivity index (χ1) is 18.1. The van der Waals surface area contributed by atoms with E-state index in [1.807, 2.05) is 48.5 Å². The predicted octanol–water partition coefficient (Wildman–Crippen LogP) is 3.11. The van der Waals surface area contributed by atoms with Crippen LogP contribution in [0, 0.1) is 5.92 Å². The lowest BCUT2D eigenvalue weighted by Gasteiger charge is -2.41. The summed E-state index contributed by atoms with van der Waals surface area (Å²) in [5, 5.41) is 0. The van der Waals surface area contributed by atoms with Crippen LogP contribution in [-0.4, -0.2) is 103 Å².